The SMILES string of the molecule is CC[C@H](C(=O)OCC(=O)Nc1ccc(F)c(Cl)c1)c1ccccc1. The molecular formula is C18H17ClFNO3. The van der Waals surface area contributed by atoms with E-state index >= 15 is 0 Å². The normalized spacial score (nSPS) is 11.6. The van der Waals surface area contributed by atoms with Crippen molar-refractivity contribution in [2.75, 3.05) is 11.9 Å². The first-order valence-corrected chi connectivity index (χ1v) is 7.85. The van der Waals surface area contributed by atoms with E-state index in [-0.39, 0.29) is 5.02 Å². The Morgan fingerprint density at radius 3 is 2.54 bits per heavy atom. The molecule has 0 aromatic heterocycles. The fourth-order valence-corrected chi connectivity index (χ4v) is 2.41. The van der Waals surface area contributed by atoms with Gasteiger partial charge in [-0.3, -0.25) is 9.59 Å². The molecule has 2 aromatic carbocycles. The van der Waals surface area contributed by atoms with Crippen LogP contribution >= 0.6 is 11.6 Å². The summed E-state index contributed by atoms with van der Waals surface area (Å²) in [5.41, 5.74) is 1.17. The van der Waals surface area contributed by atoms with Gasteiger partial charge in [0, 0.05) is 5.69 Å². The zero-order valence-corrected chi connectivity index (χ0v) is 13.8. The molecule has 6 heteroatoms. The zero-order valence-electron chi connectivity index (χ0n) is 13.1. The summed E-state index contributed by atoms with van der Waals surface area (Å²) in [6, 6.07) is 13.0. The number of halogens is 2. The Bertz CT molecular complexity index is 721. The van der Waals surface area contributed by atoms with Crippen LogP contribution in [0.1, 0.15) is 24.8 Å². The summed E-state index contributed by atoms with van der Waals surface area (Å²) in [5, 5.41) is 2.40. The molecule has 0 aliphatic heterocycles. The number of rotatable bonds is 6. The third-order valence-corrected chi connectivity index (χ3v) is 3.73. The van der Waals surface area contributed by atoms with Crippen molar-refractivity contribution in [1.82, 2.24) is 0 Å². The highest BCUT2D eigenvalue weighted by Gasteiger charge is 2.21. The van der Waals surface area contributed by atoms with Crippen molar-refractivity contribution >= 4 is 29.2 Å². The first-order valence-electron chi connectivity index (χ1n) is 7.47. The van der Waals surface area contributed by atoms with Crippen molar-refractivity contribution in [3.63, 3.8) is 0 Å². The van der Waals surface area contributed by atoms with Gasteiger partial charge in [-0.2, -0.15) is 0 Å². The molecule has 0 saturated carbocycles. The molecule has 0 heterocycles. The molecule has 0 saturated heterocycles. The van der Waals surface area contributed by atoms with Crippen LogP contribution in [0.3, 0.4) is 0 Å². The summed E-state index contributed by atoms with van der Waals surface area (Å²) < 4.78 is 18.1. The van der Waals surface area contributed by atoms with Crippen molar-refractivity contribution in [2.45, 2.75) is 19.3 Å². The standard InChI is InChI=1S/C18H17ClFNO3/c1-2-14(12-6-4-3-5-7-12)18(23)24-11-17(22)21-13-8-9-16(20)15(19)10-13/h3-10,14H,2,11H2,1H3,(H,21,22)/t14-/m0/s1. The molecule has 24 heavy (non-hydrogen) atoms. The van der Waals surface area contributed by atoms with Crippen LogP contribution in [0.2, 0.25) is 5.02 Å². The van der Waals surface area contributed by atoms with Gasteiger partial charge >= 0.3 is 5.97 Å². The van der Waals surface area contributed by atoms with Crippen LogP contribution < -0.4 is 5.32 Å². The molecule has 0 radical (unpaired) electrons. The van der Waals surface area contributed by atoms with Gasteiger partial charge in [-0.25, -0.2) is 4.39 Å². The second-order valence-corrected chi connectivity index (χ2v) is 5.56. The second kappa shape index (κ2) is 8.45. The van der Waals surface area contributed by atoms with Crippen molar-refractivity contribution < 1.29 is 18.7 Å². The average Bonchev–Trinajstić information content (AvgIpc) is 2.58. The largest absolute Gasteiger partial charge is 0.455 e. The molecule has 1 N–H and O–H groups in total. The van der Waals surface area contributed by atoms with Gasteiger partial charge in [0.2, 0.25) is 0 Å². The van der Waals surface area contributed by atoms with Gasteiger partial charge in [0.1, 0.15) is 5.82 Å². The number of ether oxygens (including phenoxy) is 1. The van der Waals surface area contributed by atoms with Crippen LogP contribution in [0.5, 0.6) is 0 Å². The molecule has 4 nitrogen and oxygen atoms in total. The minimum atomic E-state index is -0.574. The minimum Gasteiger partial charge on any atom is -0.455 e. The topological polar surface area (TPSA) is 55.4 Å². The molecule has 0 fully saturated rings. The van der Waals surface area contributed by atoms with Crippen LogP contribution in [0.15, 0.2) is 48.5 Å². The van der Waals surface area contributed by atoms with Crippen LogP contribution in [0.4, 0.5) is 10.1 Å². The molecule has 2 rings (SSSR count). The lowest BCUT2D eigenvalue weighted by atomic mass is 9.97. The van der Waals surface area contributed by atoms with Gasteiger partial charge in [-0.15, -0.1) is 0 Å². The van der Waals surface area contributed by atoms with E-state index in [2.05, 4.69) is 5.32 Å². The second-order valence-electron chi connectivity index (χ2n) is 5.16. The quantitative estimate of drug-likeness (QED) is 0.797. The Morgan fingerprint density at radius 2 is 1.92 bits per heavy atom. The number of hydrogen-bond donors (Lipinski definition) is 1. The van der Waals surface area contributed by atoms with Crippen LogP contribution in [0, 0.1) is 5.82 Å². The number of amides is 1. The maximum atomic E-state index is 13.1. The Balaban J connectivity index is 1.90. The Labute approximate surface area is 144 Å². The lowest BCUT2D eigenvalue weighted by molar-refractivity contribution is -0.149. The number of benzene rings is 2. The Hall–Kier alpha value is -2.40. The van der Waals surface area contributed by atoms with Gasteiger partial charge < -0.3 is 10.1 Å². The predicted octanol–water partition coefficient (Wildman–Crippen LogP) is 4.15. The monoisotopic (exact) mass is 349 g/mol. The van der Waals surface area contributed by atoms with Gasteiger partial charge in [0.25, 0.3) is 5.91 Å². The van der Waals surface area contributed by atoms with E-state index in [1.807, 2.05) is 37.3 Å². The van der Waals surface area contributed by atoms with Crippen molar-refractivity contribution in [3.8, 4) is 0 Å². The maximum absolute atomic E-state index is 13.1. The number of hydrogen-bond acceptors (Lipinski definition) is 3. The van der Waals surface area contributed by atoms with E-state index in [0.29, 0.717) is 12.1 Å². The van der Waals surface area contributed by atoms with Crippen LogP contribution in [-0.2, 0) is 14.3 Å². The molecule has 1 atom stereocenters. The van der Waals surface area contributed by atoms with Crippen molar-refractivity contribution in [2.24, 2.45) is 0 Å². The molecular weight excluding hydrogens is 333 g/mol. The maximum Gasteiger partial charge on any atom is 0.313 e. The molecule has 0 bridgehead atoms. The fourth-order valence-electron chi connectivity index (χ4n) is 2.23. The number of esters is 1. The molecule has 0 spiro atoms. The number of carbonyl (C=O) groups excluding carboxylic acids is 2. The summed E-state index contributed by atoms with van der Waals surface area (Å²) in [4.78, 5) is 24.0. The summed E-state index contributed by atoms with van der Waals surface area (Å²) in [7, 11) is 0. The smallest absolute Gasteiger partial charge is 0.313 e. The van der Waals surface area contributed by atoms with E-state index in [1.165, 1.54) is 12.1 Å². The van der Waals surface area contributed by atoms with Gasteiger partial charge in [-0.05, 0) is 30.2 Å². The summed E-state index contributed by atoms with van der Waals surface area (Å²) in [5.74, 6) is -1.97. The van der Waals surface area contributed by atoms with E-state index in [4.69, 9.17) is 16.3 Å². The number of carbonyl (C=O) groups is 2. The Morgan fingerprint density at radius 1 is 1.21 bits per heavy atom. The number of nitrogens with one attached hydrogen (secondary N) is 1. The zero-order chi connectivity index (χ0) is 17.5. The lowest BCUT2D eigenvalue weighted by Crippen LogP contribution is -2.23. The van der Waals surface area contributed by atoms with E-state index in [9.17, 15) is 14.0 Å². The summed E-state index contributed by atoms with van der Waals surface area (Å²) in [6.45, 7) is 1.46. The fraction of sp³-hybridized carbons (Fsp3) is 0.222. The summed E-state index contributed by atoms with van der Waals surface area (Å²) in [6.07, 6.45) is 0.567. The molecule has 126 valence electrons. The highest BCUT2D eigenvalue weighted by molar-refractivity contribution is 6.31. The average molecular weight is 350 g/mol. The molecule has 0 aliphatic rings. The number of anilines is 1. The minimum absolute atomic E-state index is 0.0973. The van der Waals surface area contributed by atoms with E-state index < -0.39 is 30.2 Å². The van der Waals surface area contributed by atoms with E-state index in [0.717, 1.165) is 11.6 Å². The Kier molecular flexibility index (Phi) is 6.32. The van der Waals surface area contributed by atoms with Gasteiger partial charge in [0.05, 0.1) is 10.9 Å². The highest BCUT2D eigenvalue weighted by atomic mass is 35.5. The van der Waals surface area contributed by atoms with Gasteiger partial charge in [0.15, 0.2) is 6.61 Å². The molecule has 0 unspecified atom stereocenters. The third kappa shape index (κ3) is 4.80. The molecule has 2 aromatic rings. The first-order chi connectivity index (χ1) is 11.5. The lowest BCUT2D eigenvalue weighted by Gasteiger charge is -2.14. The van der Waals surface area contributed by atoms with E-state index in [1.54, 1.807) is 0 Å². The van der Waals surface area contributed by atoms with Crippen LogP contribution in [0.25, 0.3) is 0 Å². The highest BCUT2D eigenvalue weighted by Crippen LogP contribution is 2.21. The van der Waals surface area contributed by atoms with Crippen LogP contribution in [-0.4, -0.2) is 18.5 Å². The first kappa shape index (κ1) is 17.9. The molecule has 1 amide bonds. The van der Waals surface area contributed by atoms with Gasteiger partial charge in [-0.1, -0.05) is 48.9 Å². The van der Waals surface area contributed by atoms with Crippen molar-refractivity contribution in [3.05, 3.63) is 64.9 Å². The molecule has 0 aliphatic carbocycles. The summed E-state index contributed by atoms with van der Waals surface area (Å²) >= 11 is 5.64. The predicted molar refractivity (Wildman–Crippen MR) is 90.5 cm³/mol. The third-order valence-electron chi connectivity index (χ3n) is 3.44. The van der Waals surface area contributed by atoms with Crippen molar-refractivity contribution in [1.29, 1.82) is 0 Å².